The highest BCUT2D eigenvalue weighted by Gasteiger charge is 2.14. The van der Waals surface area contributed by atoms with Crippen molar-refractivity contribution >= 4 is 55.2 Å². The molecule has 1 N–H and O–H groups in total. The predicted molar refractivity (Wildman–Crippen MR) is 105 cm³/mol. The van der Waals surface area contributed by atoms with Crippen molar-refractivity contribution in [1.29, 1.82) is 0 Å². The van der Waals surface area contributed by atoms with Gasteiger partial charge in [-0.3, -0.25) is 4.79 Å². The Bertz CT molecular complexity index is 919. The third-order valence-electron chi connectivity index (χ3n) is 3.23. The molecule has 0 atom stereocenters. The van der Waals surface area contributed by atoms with Gasteiger partial charge in [-0.1, -0.05) is 23.9 Å². The van der Waals surface area contributed by atoms with E-state index < -0.39 is 0 Å². The van der Waals surface area contributed by atoms with Crippen molar-refractivity contribution in [2.24, 2.45) is 0 Å². The number of rotatable bonds is 4. The summed E-state index contributed by atoms with van der Waals surface area (Å²) in [5, 5.41) is 3.58. The fourth-order valence-corrected chi connectivity index (χ4v) is 3.63. The SMILES string of the molecule is O=C(Nc1ccc(F)cc1Br)c1ccccc1Sc1ccc(Br)cn1. The van der Waals surface area contributed by atoms with Crippen LogP contribution in [0.1, 0.15) is 10.4 Å². The Morgan fingerprint density at radius 1 is 1.08 bits per heavy atom. The van der Waals surface area contributed by atoms with Gasteiger partial charge in [0.15, 0.2) is 0 Å². The summed E-state index contributed by atoms with van der Waals surface area (Å²) in [5.74, 6) is -0.644. The molecule has 25 heavy (non-hydrogen) atoms. The van der Waals surface area contributed by atoms with E-state index in [1.54, 1.807) is 18.3 Å². The van der Waals surface area contributed by atoms with Crippen LogP contribution >= 0.6 is 43.6 Å². The standard InChI is InChI=1S/C18H11Br2FN2OS/c19-11-5-8-17(22-10-11)25-16-4-2-1-3-13(16)18(24)23-15-7-6-12(21)9-14(15)20/h1-10H,(H,23,24). The monoisotopic (exact) mass is 480 g/mol. The normalized spacial score (nSPS) is 10.5. The van der Waals surface area contributed by atoms with E-state index in [1.807, 2.05) is 24.3 Å². The molecule has 0 aliphatic carbocycles. The van der Waals surface area contributed by atoms with E-state index in [-0.39, 0.29) is 11.7 Å². The van der Waals surface area contributed by atoms with Gasteiger partial charge in [-0.15, -0.1) is 0 Å². The topological polar surface area (TPSA) is 42.0 Å². The van der Waals surface area contributed by atoms with Crippen LogP contribution in [0.5, 0.6) is 0 Å². The summed E-state index contributed by atoms with van der Waals surface area (Å²) in [6.07, 6.45) is 1.71. The van der Waals surface area contributed by atoms with E-state index in [2.05, 4.69) is 42.2 Å². The quantitative estimate of drug-likeness (QED) is 0.486. The van der Waals surface area contributed by atoms with Crippen molar-refractivity contribution < 1.29 is 9.18 Å². The number of amides is 1. The summed E-state index contributed by atoms with van der Waals surface area (Å²) >= 11 is 8.01. The number of carbonyl (C=O) groups excluding carboxylic acids is 1. The molecule has 0 radical (unpaired) electrons. The number of nitrogens with zero attached hydrogens (tertiary/aromatic N) is 1. The van der Waals surface area contributed by atoms with Gasteiger partial charge in [-0.05, 0) is 74.3 Å². The minimum atomic E-state index is -0.373. The smallest absolute Gasteiger partial charge is 0.256 e. The number of pyridine rings is 1. The lowest BCUT2D eigenvalue weighted by atomic mass is 10.2. The van der Waals surface area contributed by atoms with Crippen molar-refractivity contribution in [3.05, 3.63) is 81.1 Å². The molecule has 126 valence electrons. The van der Waals surface area contributed by atoms with Crippen LogP contribution in [0.2, 0.25) is 0 Å². The summed E-state index contributed by atoms with van der Waals surface area (Å²) in [7, 11) is 0. The van der Waals surface area contributed by atoms with Gasteiger partial charge in [0.1, 0.15) is 10.8 Å². The van der Waals surface area contributed by atoms with Crippen molar-refractivity contribution in [2.45, 2.75) is 9.92 Å². The summed E-state index contributed by atoms with van der Waals surface area (Å²) in [6.45, 7) is 0. The summed E-state index contributed by atoms with van der Waals surface area (Å²) < 4.78 is 14.6. The molecule has 1 heterocycles. The molecule has 2 aromatic carbocycles. The van der Waals surface area contributed by atoms with Crippen LogP contribution in [-0.4, -0.2) is 10.9 Å². The maximum Gasteiger partial charge on any atom is 0.256 e. The molecule has 1 amide bonds. The van der Waals surface area contributed by atoms with E-state index in [1.165, 1.54) is 30.0 Å². The lowest BCUT2D eigenvalue weighted by Gasteiger charge is -2.11. The van der Waals surface area contributed by atoms with E-state index in [0.29, 0.717) is 15.7 Å². The number of aromatic nitrogens is 1. The van der Waals surface area contributed by atoms with Gasteiger partial charge in [0.25, 0.3) is 5.91 Å². The van der Waals surface area contributed by atoms with Crippen LogP contribution < -0.4 is 5.32 Å². The molecule has 0 saturated heterocycles. The first kappa shape index (κ1) is 18.1. The lowest BCUT2D eigenvalue weighted by molar-refractivity contribution is 0.102. The third-order valence-corrected chi connectivity index (χ3v) is 5.38. The highest BCUT2D eigenvalue weighted by Crippen LogP contribution is 2.31. The van der Waals surface area contributed by atoms with Crippen LogP contribution in [0.3, 0.4) is 0 Å². The minimum absolute atomic E-state index is 0.271. The Morgan fingerprint density at radius 3 is 2.60 bits per heavy atom. The van der Waals surface area contributed by atoms with Crippen LogP contribution in [0.4, 0.5) is 10.1 Å². The fourth-order valence-electron chi connectivity index (χ4n) is 2.06. The first-order chi connectivity index (χ1) is 12.0. The molecule has 3 rings (SSSR count). The lowest BCUT2D eigenvalue weighted by Crippen LogP contribution is -2.13. The number of carbonyl (C=O) groups is 1. The largest absolute Gasteiger partial charge is 0.321 e. The molecule has 1 aromatic heterocycles. The number of hydrogen-bond acceptors (Lipinski definition) is 3. The van der Waals surface area contributed by atoms with Gasteiger partial charge >= 0.3 is 0 Å². The van der Waals surface area contributed by atoms with Crippen LogP contribution in [0, 0.1) is 5.82 Å². The first-order valence-electron chi connectivity index (χ1n) is 7.18. The molecule has 7 heteroatoms. The van der Waals surface area contributed by atoms with E-state index in [0.717, 1.165) is 14.4 Å². The average molecular weight is 482 g/mol. The van der Waals surface area contributed by atoms with E-state index in [9.17, 15) is 9.18 Å². The Hall–Kier alpha value is -1.70. The molecule has 3 aromatic rings. The predicted octanol–water partition coefficient (Wildman–Crippen LogP) is 6.15. The van der Waals surface area contributed by atoms with Crippen LogP contribution in [0.25, 0.3) is 0 Å². The zero-order valence-electron chi connectivity index (χ0n) is 12.7. The molecular weight excluding hydrogens is 471 g/mol. The van der Waals surface area contributed by atoms with Gasteiger partial charge in [0.2, 0.25) is 0 Å². The molecule has 0 aliphatic heterocycles. The zero-order chi connectivity index (χ0) is 17.8. The van der Waals surface area contributed by atoms with E-state index in [4.69, 9.17) is 0 Å². The second-order valence-corrected chi connectivity index (χ2v) is 7.82. The second kappa shape index (κ2) is 8.12. The number of benzene rings is 2. The zero-order valence-corrected chi connectivity index (χ0v) is 16.7. The van der Waals surface area contributed by atoms with Gasteiger partial charge in [0.05, 0.1) is 11.3 Å². The summed E-state index contributed by atoms with van der Waals surface area (Å²) in [6, 6.07) is 15.2. The number of halogens is 3. The number of anilines is 1. The Balaban J connectivity index is 1.84. The number of nitrogens with one attached hydrogen (secondary N) is 1. The molecular formula is C18H11Br2FN2OS. The molecule has 0 spiro atoms. The van der Waals surface area contributed by atoms with Crippen molar-refractivity contribution in [3.8, 4) is 0 Å². The summed E-state index contributed by atoms with van der Waals surface area (Å²) in [5.41, 5.74) is 1.03. The average Bonchev–Trinajstić information content (AvgIpc) is 2.60. The Labute approximate surface area is 165 Å². The van der Waals surface area contributed by atoms with Gasteiger partial charge in [-0.2, -0.15) is 0 Å². The molecule has 0 bridgehead atoms. The highest BCUT2D eigenvalue weighted by molar-refractivity contribution is 9.10. The van der Waals surface area contributed by atoms with E-state index >= 15 is 0 Å². The molecule has 0 unspecified atom stereocenters. The molecule has 0 saturated carbocycles. The van der Waals surface area contributed by atoms with Crippen molar-refractivity contribution in [2.75, 3.05) is 5.32 Å². The number of hydrogen-bond donors (Lipinski definition) is 1. The second-order valence-electron chi connectivity index (χ2n) is 4.99. The highest BCUT2D eigenvalue weighted by atomic mass is 79.9. The van der Waals surface area contributed by atoms with Gasteiger partial charge in [0, 0.05) is 20.0 Å². The summed E-state index contributed by atoms with van der Waals surface area (Å²) in [4.78, 5) is 17.8. The third kappa shape index (κ3) is 4.68. The fraction of sp³-hybridized carbons (Fsp3) is 0. The Kier molecular flexibility index (Phi) is 5.88. The molecule has 0 aliphatic rings. The maximum absolute atomic E-state index is 13.2. The molecule has 0 fully saturated rings. The van der Waals surface area contributed by atoms with Crippen LogP contribution in [-0.2, 0) is 0 Å². The molecule has 3 nitrogen and oxygen atoms in total. The van der Waals surface area contributed by atoms with Crippen molar-refractivity contribution in [3.63, 3.8) is 0 Å². The van der Waals surface area contributed by atoms with Gasteiger partial charge < -0.3 is 5.32 Å². The first-order valence-corrected chi connectivity index (χ1v) is 9.58. The maximum atomic E-state index is 13.2. The Morgan fingerprint density at radius 2 is 1.88 bits per heavy atom. The van der Waals surface area contributed by atoms with Crippen molar-refractivity contribution in [1.82, 2.24) is 4.98 Å². The van der Waals surface area contributed by atoms with Gasteiger partial charge in [-0.25, -0.2) is 9.37 Å². The minimum Gasteiger partial charge on any atom is -0.321 e. The van der Waals surface area contributed by atoms with Crippen LogP contribution in [0.15, 0.2) is 79.7 Å².